The highest BCUT2D eigenvalue weighted by Crippen LogP contribution is 2.18. The van der Waals surface area contributed by atoms with E-state index in [1.807, 2.05) is 45.0 Å². The first-order valence-electron chi connectivity index (χ1n) is 6.53. The van der Waals surface area contributed by atoms with Gasteiger partial charge in [0.2, 0.25) is 5.91 Å². The van der Waals surface area contributed by atoms with Gasteiger partial charge in [0.25, 0.3) is 0 Å². The van der Waals surface area contributed by atoms with Crippen LogP contribution in [0.3, 0.4) is 0 Å². The highest BCUT2D eigenvalue weighted by atomic mass is 16.5. The minimum atomic E-state index is -0.439. The molecule has 1 aromatic rings. The Labute approximate surface area is 115 Å². The van der Waals surface area contributed by atoms with E-state index < -0.39 is 6.10 Å². The van der Waals surface area contributed by atoms with Gasteiger partial charge < -0.3 is 14.8 Å². The van der Waals surface area contributed by atoms with Gasteiger partial charge in [-0.3, -0.25) is 4.79 Å². The van der Waals surface area contributed by atoms with Crippen LogP contribution < -0.4 is 10.1 Å². The molecule has 0 aliphatic rings. The van der Waals surface area contributed by atoms with Crippen LogP contribution in [0.25, 0.3) is 0 Å². The number of amides is 1. The first-order valence-corrected chi connectivity index (χ1v) is 6.53. The molecule has 2 unspecified atom stereocenters. The van der Waals surface area contributed by atoms with Crippen LogP contribution in [0, 0.1) is 0 Å². The fourth-order valence-electron chi connectivity index (χ4n) is 1.63. The maximum Gasteiger partial charge on any atom is 0.249 e. The van der Waals surface area contributed by atoms with Crippen molar-refractivity contribution in [2.24, 2.45) is 0 Å². The van der Waals surface area contributed by atoms with Crippen LogP contribution in [0.5, 0.6) is 5.75 Å². The molecule has 0 aliphatic heterocycles. The fraction of sp³-hybridized carbons (Fsp3) is 0.533. The third-order valence-electron chi connectivity index (χ3n) is 2.83. The largest absolute Gasteiger partial charge is 0.491 e. The van der Waals surface area contributed by atoms with E-state index in [9.17, 15) is 4.79 Å². The Balaban J connectivity index is 2.62. The molecule has 0 bridgehead atoms. The average Bonchev–Trinajstić information content (AvgIpc) is 2.37. The first-order chi connectivity index (χ1) is 8.93. The van der Waals surface area contributed by atoms with Crippen LogP contribution in [0.1, 0.15) is 39.3 Å². The summed E-state index contributed by atoms with van der Waals surface area (Å²) in [4.78, 5) is 11.7. The molecule has 4 heteroatoms. The number of nitrogens with one attached hydrogen (secondary N) is 1. The van der Waals surface area contributed by atoms with Crippen LogP contribution in [0.15, 0.2) is 24.3 Å². The van der Waals surface area contributed by atoms with Crippen molar-refractivity contribution < 1.29 is 14.3 Å². The Morgan fingerprint density at radius 2 is 1.68 bits per heavy atom. The zero-order chi connectivity index (χ0) is 14.4. The number of carbonyl (C=O) groups is 1. The number of hydrogen-bond donors (Lipinski definition) is 1. The van der Waals surface area contributed by atoms with Gasteiger partial charge in [-0.05, 0) is 45.4 Å². The van der Waals surface area contributed by atoms with Crippen LogP contribution in [0.4, 0.5) is 0 Å². The quantitative estimate of drug-likeness (QED) is 0.860. The summed E-state index contributed by atoms with van der Waals surface area (Å²) in [5.41, 5.74) is 1.03. The molecule has 1 rings (SSSR count). The van der Waals surface area contributed by atoms with Gasteiger partial charge in [0, 0.05) is 7.11 Å². The van der Waals surface area contributed by atoms with Crippen LogP contribution in [0.2, 0.25) is 0 Å². The lowest BCUT2D eigenvalue weighted by molar-refractivity contribution is -0.130. The number of ether oxygens (including phenoxy) is 2. The van der Waals surface area contributed by atoms with Gasteiger partial charge in [-0.25, -0.2) is 0 Å². The summed E-state index contributed by atoms with van der Waals surface area (Å²) in [6, 6.07) is 7.69. The summed E-state index contributed by atoms with van der Waals surface area (Å²) < 4.78 is 10.6. The second kappa shape index (κ2) is 7.14. The van der Waals surface area contributed by atoms with E-state index >= 15 is 0 Å². The highest BCUT2D eigenvalue weighted by Gasteiger charge is 2.15. The summed E-state index contributed by atoms with van der Waals surface area (Å²) in [5.74, 6) is 0.722. The van der Waals surface area contributed by atoms with Gasteiger partial charge in [-0.1, -0.05) is 12.1 Å². The van der Waals surface area contributed by atoms with Crippen molar-refractivity contribution in [1.82, 2.24) is 5.32 Å². The standard InChI is InChI=1S/C15H23NO3/c1-10(2)19-14-8-6-13(7-9-14)11(3)16-15(17)12(4)18-5/h6-12H,1-5H3,(H,16,17). The Kier molecular flexibility index (Phi) is 5.83. The van der Waals surface area contributed by atoms with Crippen molar-refractivity contribution in [3.8, 4) is 5.75 Å². The zero-order valence-electron chi connectivity index (χ0n) is 12.3. The molecular weight excluding hydrogens is 242 g/mol. The fourth-order valence-corrected chi connectivity index (χ4v) is 1.63. The molecule has 1 amide bonds. The molecule has 1 N–H and O–H groups in total. The first kappa shape index (κ1) is 15.5. The van der Waals surface area contributed by atoms with E-state index in [0.29, 0.717) is 0 Å². The molecule has 0 fully saturated rings. The summed E-state index contributed by atoms with van der Waals surface area (Å²) in [7, 11) is 1.52. The SMILES string of the molecule is COC(C)C(=O)NC(C)c1ccc(OC(C)C)cc1. The predicted molar refractivity (Wildman–Crippen MR) is 75.2 cm³/mol. The molecule has 0 spiro atoms. The molecule has 0 saturated heterocycles. The zero-order valence-corrected chi connectivity index (χ0v) is 12.3. The maximum absolute atomic E-state index is 11.7. The minimum Gasteiger partial charge on any atom is -0.491 e. The summed E-state index contributed by atoms with van der Waals surface area (Å²) in [6.07, 6.45) is -0.281. The second-order valence-corrected chi connectivity index (χ2v) is 4.84. The number of carbonyl (C=O) groups excluding carboxylic acids is 1. The molecule has 0 radical (unpaired) electrons. The van der Waals surface area contributed by atoms with Gasteiger partial charge in [0.05, 0.1) is 12.1 Å². The normalized spacial score (nSPS) is 14.0. The Bertz CT molecular complexity index is 400. The summed E-state index contributed by atoms with van der Waals surface area (Å²) in [5, 5.41) is 2.90. The minimum absolute atomic E-state index is 0.0572. The number of methoxy groups -OCH3 is 1. The predicted octanol–water partition coefficient (Wildman–Crippen LogP) is 2.69. The van der Waals surface area contributed by atoms with E-state index in [-0.39, 0.29) is 18.1 Å². The second-order valence-electron chi connectivity index (χ2n) is 4.84. The number of hydrogen-bond acceptors (Lipinski definition) is 3. The van der Waals surface area contributed by atoms with Crippen molar-refractivity contribution in [2.75, 3.05) is 7.11 Å². The Hall–Kier alpha value is -1.55. The maximum atomic E-state index is 11.7. The monoisotopic (exact) mass is 265 g/mol. The van der Waals surface area contributed by atoms with Gasteiger partial charge in [-0.15, -0.1) is 0 Å². The topological polar surface area (TPSA) is 47.6 Å². The molecule has 0 heterocycles. The molecule has 0 saturated carbocycles. The molecule has 19 heavy (non-hydrogen) atoms. The van der Waals surface area contributed by atoms with Crippen LogP contribution in [-0.4, -0.2) is 25.2 Å². The summed E-state index contributed by atoms with van der Waals surface area (Å²) in [6.45, 7) is 7.64. The van der Waals surface area contributed by atoms with Gasteiger partial charge in [0.1, 0.15) is 11.9 Å². The van der Waals surface area contributed by atoms with Crippen LogP contribution in [-0.2, 0) is 9.53 Å². The van der Waals surface area contributed by atoms with Crippen molar-refractivity contribution in [2.45, 2.75) is 45.9 Å². The van der Waals surface area contributed by atoms with Gasteiger partial charge in [-0.2, -0.15) is 0 Å². The number of rotatable bonds is 6. The molecular formula is C15H23NO3. The van der Waals surface area contributed by atoms with Crippen molar-refractivity contribution in [3.63, 3.8) is 0 Å². The lowest BCUT2D eigenvalue weighted by Gasteiger charge is -2.18. The van der Waals surface area contributed by atoms with E-state index in [2.05, 4.69) is 5.32 Å². The molecule has 4 nitrogen and oxygen atoms in total. The smallest absolute Gasteiger partial charge is 0.249 e. The lowest BCUT2D eigenvalue weighted by atomic mass is 10.1. The van der Waals surface area contributed by atoms with Crippen molar-refractivity contribution in [3.05, 3.63) is 29.8 Å². The Morgan fingerprint density at radius 3 is 2.16 bits per heavy atom. The van der Waals surface area contributed by atoms with E-state index in [4.69, 9.17) is 9.47 Å². The Morgan fingerprint density at radius 1 is 1.11 bits per heavy atom. The van der Waals surface area contributed by atoms with Crippen LogP contribution >= 0.6 is 0 Å². The average molecular weight is 265 g/mol. The van der Waals surface area contributed by atoms with Gasteiger partial charge >= 0.3 is 0 Å². The van der Waals surface area contributed by atoms with E-state index in [1.165, 1.54) is 7.11 Å². The molecule has 0 aromatic heterocycles. The van der Waals surface area contributed by atoms with Crippen molar-refractivity contribution >= 4 is 5.91 Å². The van der Waals surface area contributed by atoms with Crippen molar-refractivity contribution in [1.29, 1.82) is 0 Å². The van der Waals surface area contributed by atoms with Gasteiger partial charge in [0.15, 0.2) is 0 Å². The summed E-state index contributed by atoms with van der Waals surface area (Å²) >= 11 is 0. The molecule has 1 aromatic carbocycles. The highest BCUT2D eigenvalue weighted by molar-refractivity contribution is 5.80. The molecule has 0 aliphatic carbocycles. The lowest BCUT2D eigenvalue weighted by Crippen LogP contribution is -2.35. The van der Waals surface area contributed by atoms with E-state index in [1.54, 1.807) is 6.92 Å². The molecule has 106 valence electrons. The molecule has 2 atom stereocenters. The third-order valence-corrected chi connectivity index (χ3v) is 2.83. The van der Waals surface area contributed by atoms with E-state index in [0.717, 1.165) is 11.3 Å². The third kappa shape index (κ3) is 4.91. The number of benzene rings is 1.